The lowest BCUT2D eigenvalue weighted by Gasteiger charge is -2.25. The van der Waals surface area contributed by atoms with Crippen LogP contribution in [0.15, 0.2) is 36.7 Å². The highest BCUT2D eigenvalue weighted by atomic mass is 15.1. The Balaban J connectivity index is 1.61. The molecule has 1 aliphatic carbocycles. The Morgan fingerprint density at radius 1 is 1.32 bits per heavy atom. The van der Waals surface area contributed by atoms with Crippen molar-refractivity contribution < 1.29 is 0 Å². The summed E-state index contributed by atoms with van der Waals surface area (Å²) >= 11 is 0. The van der Waals surface area contributed by atoms with Gasteiger partial charge in [0.2, 0.25) is 0 Å². The van der Waals surface area contributed by atoms with Crippen molar-refractivity contribution in [2.75, 3.05) is 0 Å². The van der Waals surface area contributed by atoms with Crippen LogP contribution in [0.5, 0.6) is 0 Å². The van der Waals surface area contributed by atoms with E-state index in [9.17, 15) is 0 Å². The SMILES string of the molecule is CCn1ccnc1CNC1CCc2ccccc2C1. The van der Waals surface area contributed by atoms with E-state index < -0.39 is 0 Å². The van der Waals surface area contributed by atoms with Gasteiger partial charge in [-0.15, -0.1) is 0 Å². The summed E-state index contributed by atoms with van der Waals surface area (Å²) in [7, 11) is 0. The maximum Gasteiger partial charge on any atom is 0.122 e. The highest BCUT2D eigenvalue weighted by Crippen LogP contribution is 2.21. The third-order valence-corrected chi connectivity index (χ3v) is 4.04. The number of benzene rings is 1. The minimum absolute atomic E-state index is 0.580. The summed E-state index contributed by atoms with van der Waals surface area (Å²) in [6.07, 6.45) is 7.49. The van der Waals surface area contributed by atoms with E-state index in [1.54, 1.807) is 0 Å². The smallest absolute Gasteiger partial charge is 0.122 e. The quantitative estimate of drug-likeness (QED) is 0.910. The number of imidazole rings is 1. The molecule has 0 spiro atoms. The summed E-state index contributed by atoms with van der Waals surface area (Å²) in [5.41, 5.74) is 3.03. The molecule has 3 nitrogen and oxygen atoms in total. The number of aromatic nitrogens is 2. The molecule has 1 heterocycles. The number of aryl methyl sites for hydroxylation is 2. The molecule has 0 aliphatic heterocycles. The van der Waals surface area contributed by atoms with Gasteiger partial charge in [-0.1, -0.05) is 24.3 Å². The van der Waals surface area contributed by atoms with Gasteiger partial charge in [-0.2, -0.15) is 0 Å². The molecule has 2 aromatic rings. The molecular weight excluding hydrogens is 234 g/mol. The molecule has 19 heavy (non-hydrogen) atoms. The first kappa shape index (κ1) is 12.4. The van der Waals surface area contributed by atoms with Gasteiger partial charge in [0.05, 0.1) is 6.54 Å². The Bertz CT molecular complexity index is 544. The summed E-state index contributed by atoms with van der Waals surface area (Å²) in [5.74, 6) is 1.14. The molecule has 0 saturated carbocycles. The summed E-state index contributed by atoms with van der Waals surface area (Å²) in [6, 6.07) is 9.39. The van der Waals surface area contributed by atoms with Gasteiger partial charge in [0.15, 0.2) is 0 Å². The van der Waals surface area contributed by atoms with Crippen molar-refractivity contribution in [3.8, 4) is 0 Å². The van der Waals surface area contributed by atoms with Crippen LogP contribution in [0.3, 0.4) is 0 Å². The second-order valence-electron chi connectivity index (χ2n) is 5.22. The number of hydrogen-bond donors (Lipinski definition) is 1. The molecule has 3 rings (SSSR count). The number of nitrogens with zero attached hydrogens (tertiary/aromatic N) is 2. The summed E-state index contributed by atoms with van der Waals surface area (Å²) in [6.45, 7) is 4.01. The number of rotatable bonds is 4. The van der Waals surface area contributed by atoms with Crippen molar-refractivity contribution in [1.29, 1.82) is 0 Å². The lowest BCUT2D eigenvalue weighted by atomic mass is 9.88. The van der Waals surface area contributed by atoms with Gasteiger partial charge in [-0.25, -0.2) is 4.98 Å². The molecule has 1 aromatic heterocycles. The normalized spacial score (nSPS) is 18.3. The molecule has 1 N–H and O–H groups in total. The lowest BCUT2D eigenvalue weighted by molar-refractivity contribution is 0.445. The van der Waals surface area contributed by atoms with E-state index in [0.29, 0.717) is 6.04 Å². The third kappa shape index (κ3) is 2.71. The standard InChI is InChI=1S/C16H21N3/c1-2-19-10-9-17-16(19)12-18-15-8-7-13-5-3-4-6-14(13)11-15/h3-6,9-10,15,18H,2,7-8,11-12H2,1H3. The van der Waals surface area contributed by atoms with Crippen LogP contribution in [-0.2, 0) is 25.9 Å². The molecule has 1 aromatic carbocycles. The highest BCUT2D eigenvalue weighted by molar-refractivity contribution is 5.30. The van der Waals surface area contributed by atoms with Crippen molar-refractivity contribution >= 4 is 0 Å². The zero-order valence-corrected chi connectivity index (χ0v) is 11.5. The van der Waals surface area contributed by atoms with Crippen molar-refractivity contribution in [2.45, 2.75) is 45.3 Å². The molecule has 3 heteroatoms. The highest BCUT2D eigenvalue weighted by Gasteiger charge is 2.17. The number of fused-ring (bicyclic) bond motifs is 1. The largest absolute Gasteiger partial charge is 0.334 e. The van der Waals surface area contributed by atoms with E-state index in [-0.39, 0.29) is 0 Å². The minimum Gasteiger partial charge on any atom is -0.334 e. The van der Waals surface area contributed by atoms with Gasteiger partial charge >= 0.3 is 0 Å². The third-order valence-electron chi connectivity index (χ3n) is 4.04. The van der Waals surface area contributed by atoms with Crippen LogP contribution >= 0.6 is 0 Å². The fraction of sp³-hybridized carbons (Fsp3) is 0.438. The summed E-state index contributed by atoms with van der Waals surface area (Å²) in [4.78, 5) is 4.42. The van der Waals surface area contributed by atoms with E-state index >= 15 is 0 Å². The predicted molar refractivity (Wildman–Crippen MR) is 77.0 cm³/mol. The van der Waals surface area contributed by atoms with Crippen molar-refractivity contribution in [2.24, 2.45) is 0 Å². The topological polar surface area (TPSA) is 29.9 Å². The van der Waals surface area contributed by atoms with Crippen LogP contribution in [-0.4, -0.2) is 15.6 Å². The first-order valence-corrected chi connectivity index (χ1v) is 7.17. The van der Waals surface area contributed by atoms with Gasteiger partial charge in [-0.05, 0) is 37.3 Å². The van der Waals surface area contributed by atoms with Gasteiger partial charge in [0.1, 0.15) is 5.82 Å². The zero-order valence-electron chi connectivity index (χ0n) is 11.5. The Labute approximate surface area is 114 Å². The second kappa shape index (κ2) is 5.57. The number of hydrogen-bond acceptors (Lipinski definition) is 2. The molecule has 0 radical (unpaired) electrons. The monoisotopic (exact) mass is 255 g/mol. The first-order valence-electron chi connectivity index (χ1n) is 7.17. The Kier molecular flexibility index (Phi) is 3.65. The Hall–Kier alpha value is -1.61. The molecule has 0 saturated heterocycles. The van der Waals surface area contributed by atoms with E-state index in [2.05, 4.69) is 46.1 Å². The number of nitrogens with one attached hydrogen (secondary N) is 1. The molecule has 0 fully saturated rings. The van der Waals surface area contributed by atoms with Crippen LogP contribution in [0.1, 0.15) is 30.3 Å². The van der Waals surface area contributed by atoms with Crippen LogP contribution in [0.4, 0.5) is 0 Å². The fourth-order valence-electron chi connectivity index (χ4n) is 2.90. The van der Waals surface area contributed by atoms with Gasteiger partial charge in [0.25, 0.3) is 0 Å². The average molecular weight is 255 g/mol. The zero-order chi connectivity index (χ0) is 13.1. The van der Waals surface area contributed by atoms with Crippen molar-refractivity contribution in [3.05, 3.63) is 53.6 Å². The van der Waals surface area contributed by atoms with Crippen molar-refractivity contribution in [3.63, 3.8) is 0 Å². The molecule has 100 valence electrons. The minimum atomic E-state index is 0.580. The maximum atomic E-state index is 4.42. The van der Waals surface area contributed by atoms with Gasteiger partial charge in [-0.3, -0.25) is 0 Å². The molecule has 1 aliphatic rings. The van der Waals surface area contributed by atoms with E-state index in [1.165, 1.54) is 24.0 Å². The second-order valence-corrected chi connectivity index (χ2v) is 5.22. The van der Waals surface area contributed by atoms with Crippen LogP contribution in [0, 0.1) is 0 Å². The van der Waals surface area contributed by atoms with E-state index in [1.807, 2.05) is 12.4 Å². The maximum absolute atomic E-state index is 4.42. The van der Waals surface area contributed by atoms with Crippen LogP contribution in [0.25, 0.3) is 0 Å². The predicted octanol–water partition coefficient (Wildman–Crippen LogP) is 2.55. The van der Waals surface area contributed by atoms with E-state index in [4.69, 9.17) is 0 Å². The molecule has 0 amide bonds. The van der Waals surface area contributed by atoms with Crippen LogP contribution < -0.4 is 5.32 Å². The average Bonchev–Trinajstić information content (AvgIpc) is 2.92. The first-order chi connectivity index (χ1) is 9.36. The molecule has 1 atom stereocenters. The van der Waals surface area contributed by atoms with E-state index in [0.717, 1.165) is 25.3 Å². The lowest BCUT2D eigenvalue weighted by Crippen LogP contribution is -2.34. The summed E-state index contributed by atoms with van der Waals surface area (Å²) < 4.78 is 2.20. The fourth-order valence-corrected chi connectivity index (χ4v) is 2.90. The Morgan fingerprint density at radius 2 is 2.16 bits per heavy atom. The van der Waals surface area contributed by atoms with Gasteiger partial charge in [0, 0.05) is 25.0 Å². The molecule has 1 unspecified atom stereocenters. The van der Waals surface area contributed by atoms with Crippen LogP contribution in [0.2, 0.25) is 0 Å². The molecular formula is C16H21N3. The van der Waals surface area contributed by atoms with Crippen molar-refractivity contribution in [1.82, 2.24) is 14.9 Å². The Morgan fingerprint density at radius 3 is 3.00 bits per heavy atom. The van der Waals surface area contributed by atoms with Gasteiger partial charge < -0.3 is 9.88 Å². The molecule has 0 bridgehead atoms. The summed E-state index contributed by atoms with van der Waals surface area (Å²) in [5, 5.41) is 3.66.